The molecule has 3 aromatic rings. The highest BCUT2D eigenvalue weighted by Crippen LogP contribution is 2.44. The second-order valence-corrected chi connectivity index (χ2v) is 8.50. The van der Waals surface area contributed by atoms with Crippen molar-refractivity contribution in [1.82, 2.24) is 10.6 Å². The van der Waals surface area contributed by atoms with Crippen LogP contribution in [-0.4, -0.2) is 36.2 Å². The summed E-state index contributed by atoms with van der Waals surface area (Å²) in [6.07, 6.45) is -0.341. The molecule has 4 rings (SSSR count). The van der Waals surface area contributed by atoms with Crippen molar-refractivity contribution in [3.8, 4) is 11.1 Å². The SMILES string of the molecule is CCC(CNC(=O)[C@@H](NC(=O)OCC1c2ccccc2-c2ccccc21)c1ccccc1)C(=O)O. The molecule has 1 unspecified atom stereocenters. The predicted molar refractivity (Wildman–Crippen MR) is 132 cm³/mol. The lowest BCUT2D eigenvalue weighted by Gasteiger charge is -2.21. The first kappa shape index (κ1) is 24.0. The van der Waals surface area contributed by atoms with E-state index in [-0.39, 0.29) is 19.1 Å². The van der Waals surface area contributed by atoms with E-state index in [9.17, 15) is 19.5 Å². The Labute approximate surface area is 204 Å². The lowest BCUT2D eigenvalue weighted by molar-refractivity contribution is -0.141. The number of hydrogen-bond donors (Lipinski definition) is 3. The van der Waals surface area contributed by atoms with Gasteiger partial charge in [-0.15, -0.1) is 0 Å². The molecule has 35 heavy (non-hydrogen) atoms. The minimum Gasteiger partial charge on any atom is -0.481 e. The molecule has 7 nitrogen and oxygen atoms in total. The standard InChI is InChI=1S/C28H28N2O5/c1-2-18(27(32)33)16-29-26(31)25(19-10-4-3-5-11-19)30-28(34)35-17-24-22-14-8-6-12-20(22)21-13-7-9-15-23(21)24/h3-15,18,24-25H,2,16-17H2,1H3,(H,29,31)(H,30,34)(H,32,33)/t18?,25-/m0/s1. The first-order valence-corrected chi connectivity index (χ1v) is 11.7. The zero-order valence-electron chi connectivity index (χ0n) is 19.4. The molecule has 0 bridgehead atoms. The number of nitrogens with one attached hydrogen (secondary N) is 2. The molecule has 3 aromatic carbocycles. The number of benzene rings is 3. The number of fused-ring (bicyclic) bond motifs is 3. The molecular formula is C28H28N2O5. The first-order valence-electron chi connectivity index (χ1n) is 11.7. The van der Waals surface area contributed by atoms with Gasteiger partial charge < -0.3 is 20.5 Å². The number of carboxylic acids is 1. The topological polar surface area (TPSA) is 105 Å². The summed E-state index contributed by atoms with van der Waals surface area (Å²) in [5.74, 6) is -2.28. The van der Waals surface area contributed by atoms with Crippen LogP contribution in [0.3, 0.4) is 0 Å². The fourth-order valence-electron chi connectivity index (χ4n) is 4.44. The van der Waals surface area contributed by atoms with Gasteiger partial charge in [0.25, 0.3) is 0 Å². The van der Waals surface area contributed by atoms with Crippen molar-refractivity contribution in [1.29, 1.82) is 0 Å². The lowest BCUT2D eigenvalue weighted by atomic mass is 9.98. The van der Waals surface area contributed by atoms with Gasteiger partial charge in [0.05, 0.1) is 5.92 Å². The molecule has 0 saturated heterocycles. The van der Waals surface area contributed by atoms with E-state index in [1.807, 2.05) is 42.5 Å². The number of carboxylic acid groups (broad SMARTS) is 1. The molecule has 1 aliphatic carbocycles. The second-order valence-electron chi connectivity index (χ2n) is 8.50. The molecular weight excluding hydrogens is 444 g/mol. The Morgan fingerprint density at radius 2 is 1.46 bits per heavy atom. The smallest absolute Gasteiger partial charge is 0.408 e. The summed E-state index contributed by atoms with van der Waals surface area (Å²) in [6, 6.07) is 23.9. The maximum absolute atomic E-state index is 12.9. The fourth-order valence-corrected chi connectivity index (χ4v) is 4.44. The molecule has 180 valence electrons. The number of carbonyl (C=O) groups is 3. The highest BCUT2D eigenvalue weighted by atomic mass is 16.5. The number of ether oxygens (including phenoxy) is 1. The molecule has 0 radical (unpaired) electrons. The molecule has 0 fully saturated rings. The Bertz CT molecular complexity index is 1170. The first-order chi connectivity index (χ1) is 17.0. The van der Waals surface area contributed by atoms with Crippen molar-refractivity contribution in [3.05, 3.63) is 95.6 Å². The molecule has 2 amide bonds. The maximum Gasteiger partial charge on any atom is 0.408 e. The van der Waals surface area contributed by atoms with Crippen LogP contribution in [0.25, 0.3) is 11.1 Å². The summed E-state index contributed by atoms with van der Waals surface area (Å²) < 4.78 is 5.60. The van der Waals surface area contributed by atoms with Crippen molar-refractivity contribution in [2.45, 2.75) is 25.3 Å². The van der Waals surface area contributed by atoms with E-state index in [2.05, 4.69) is 22.8 Å². The molecule has 7 heteroatoms. The molecule has 2 atom stereocenters. The third-order valence-corrected chi connectivity index (χ3v) is 6.37. The number of carbonyl (C=O) groups excluding carboxylic acids is 2. The summed E-state index contributed by atoms with van der Waals surface area (Å²) in [4.78, 5) is 37.0. The van der Waals surface area contributed by atoms with E-state index in [0.29, 0.717) is 12.0 Å². The van der Waals surface area contributed by atoms with Gasteiger partial charge in [0.1, 0.15) is 12.6 Å². The van der Waals surface area contributed by atoms with Crippen LogP contribution in [0.4, 0.5) is 4.79 Å². The van der Waals surface area contributed by atoms with Gasteiger partial charge in [-0.25, -0.2) is 4.79 Å². The largest absolute Gasteiger partial charge is 0.481 e. The van der Waals surface area contributed by atoms with Crippen LogP contribution in [0.2, 0.25) is 0 Å². The zero-order valence-corrected chi connectivity index (χ0v) is 19.4. The molecule has 1 aliphatic rings. The summed E-state index contributed by atoms with van der Waals surface area (Å²) in [5.41, 5.74) is 5.02. The number of rotatable bonds is 9. The Balaban J connectivity index is 1.45. The van der Waals surface area contributed by atoms with Gasteiger partial charge in [-0.2, -0.15) is 0 Å². The summed E-state index contributed by atoms with van der Waals surface area (Å²) in [7, 11) is 0. The van der Waals surface area contributed by atoms with Gasteiger partial charge in [0, 0.05) is 12.5 Å². The summed E-state index contributed by atoms with van der Waals surface area (Å²) in [5, 5.41) is 14.6. The van der Waals surface area contributed by atoms with E-state index in [0.717, 1.165) is 22.3 Å². The summed E-state index contributed by atoms with van der Waals surface area (Å²) >= 11 is 0. The molecule has 0 aromatic heterocycles. The third-order valence-electron chi connectivity index (χ3n) is 6.37. The van der Waals surface area contributed by atoms with Crippen LogP contribution in [0, 0.1) is 5.92 Å². The Kier molecular flexibility index (Phi) is 7.45. The van der Waals surface area contributed by atoms with Gasteiger partial charge in [-0.3, -0.25) is 9.59 Å². The predicted octanol–water partition coefficient (Wildman–Crippen LogP) is 4.49. The molecule has 0 heterocycles. The van der Waals surface area contributed by atoms with Crippen LogP contribution >= 0.6 is 0 Å². The number of aliphatic carboxylic acids is 1. The normalized spacial score (nSPS) is 13.7. The van der Waals surface area contributed by atoms with Gasteiger partial charge >= 0.3 is 12.1 Å². The van der Waals surface area contributed by atoms with Crippen LogP contribution < -0.4 is 10.6 Å². The molecule has 3 N–H and O–H groups in total. The Morgan fingerprint density at radius 3 is 2.03 bits per heavy atom. The van der Waals surface area contributed by atoms with Gasteiger partial charge in [-0.05, 0) is 34.2 Å². The minimum atomic E-state index is -1.02. The van der Waals surface area contributed by atoms with Gasteiger partial charge in [0.2, 0.25) is 5.91 Å². The van der Waals surface area contributed by atoms with Crippen LogP contribution in [0.5, 0.6) is 0 Å². The monoisotopic (exact) mass is 472 g/mol. The Morgan fingerprint density at radius 1 is 0.886 bits per heavy atom. The molecule has 0 aliphatic heterocycles. The van der Waals surface area contributed by atoms with E-state index in [1.165, 1.54) is 0 Å². The number of amides is 2. The van der Waals surface area contributed by atoms with Crippen LogP contribution in [0.15, 0.2) is 78.9 Å². The van der Waals surface area contributed by atoms with Crippen LogP contribution in [-0.2, 0) is 14.3 Å². The number of alkyl carbamates (subject to hydrolysis) is 1. The molecule has 0 saturated carbocycles. The van der Waals surface area contributed by atoms with Gasteiger partial charge in [0.15, 0.2) is 0 Å². The summed E-state index contributed by atoms with van der Waals surface area (Å²) in [6.45, 7) is 1.84. The van der Waals surface area contributed by atoms with E-state index >= 15 is 0 Å². The highest BCUT2D eigenvalue weighted by molar-refractivity contribution is 5.87. The van der Waals surface area contributed by atoms with Gasteiger partial charge in [-0.1, -0.05) is 85.8 Å². The minimum absolute atomic E-state index is 0.0274. The van der Waals surface area contributed by atoms with E-state index in [4.69, 9.17) is 4.74 Å². The average Bonchev–Trinajstić information content (AvgIpc) is 3.20. The third kappa shape index (κ3) is 5.35. The van der Waals surface area contributed by atoms with E-state index < -0.39 is 29.9 Å². The Hall–Kier alpha value is -4.13. The van der Waals surface area contributed by atoms with Crippen molar-refractivity contribution >= 4 is 18.0 Å². The van der Waals surface area contributed by atoms with Crippen LogP contribution in [0.1, 0.15) is 42.0 Å². The van der Waals surface area contributed by atoms with Crippen molar-refractivity contribution < 1.29 is 24.2 Å². The fraction of sp³-hybridized carbons (Fsp3) is 0.250. The van der Waals surface area contributed by atoms with E-state index in [1.54, 1.807) is 31.2 Å². The van der Waals surface area contributed by atoms with Crippen molar-refractivity contribution in [2.75, 3.05) is 13.2 Å². The quantitative estimate of drug-likeness (QED) is 0.426. The van der Waals surface area contributed by atoms with Crippen molar-refractivity contribution in [2.24, 2.45) is 5.92 Å². The zero-order chi connectivity index (χ0) is 24.8. The number of hydrogen-bond acceptors (Lipinski definition) is 4. The molecule has 0 spiro atoms. The highest BCUT2D eigenvalue weighted by Gasteiger charge is 2.30. The second kappa shape index (κ2) is 10.9. The lowest BCUT2D eigenvalue weighted by Crippen LogP contribution is -2.43. The maximum atomic E-state index is 12.9. The average molecular weight is 473 g/mol. The van der Waals surface area contributed by atoms with Crippen molar-refractivity contribution in [3.63, 3.8) is 0 Å².